The number of nitrogens with two attached hydrogens (primary N) is 1. The lowest BCUT2D eigenvalue weighted by Gasteiger charge is -2.21. The van der Waals surface area contributed by atoms with Crippen LogP contribution in [0.5, 0.6) is 0 Å². The van der Waals surface area contributed by atoms with Crippen LogP contribution in [-0.2, 0) is 22.5 Å². The van der Waals surface area contributed by atoms with Crippen LogP contribution in [-0.4, -0.2) is 36.6 Å². The van der Waals surface area contributed by atoms with Crippen molar-refractivity contribution in [3.8, 4) is 0 Å². The molecule has 1 aliphatic heterocycles. The Labute approximate surface area is 161 Å². The normalized spacial score (nSPS) is 19.5. The Morgan fingerprint density at radius 1 is 1.31 bits per heavy atom. The van der Waals surface area contributed by atoms with Crippen LogP contribution in [0.3, 0.4) is 0 Å². The monoisotopic (exact) mass is 380 g/mol. The van der Waals surface area contributed by atoms with Gasteiger partial charge in [-0.15, -0.1) is 12.4 Å². The Morgan fingerprint density at radius 2 is 2.08 bits per heavy atom. The molecule has 0 spiro atoms. The van der Waals surface area contributed by atoms with Crippen molar-refractivity contribution in [2.24, 2.45) is 5.73 Å². The van der Waals surface area contributed by atoms with E-state index in [0.717, 1.165) is 54.4 Å². The van der Waals surface area contributed by atoms with Gasteiger partial charge in [0.15, 0.2) is 0 Å². The van der Waals surface area contributed by atoms with Gasteiger partial charge in [-0.2, -0.15) is 0 Å². The van der Waals surface area contributed by atoms with Crippen molar-refractivity contribution in [1.29, 1.82) is 0 Å². The van der Waals surface area contributed by atoms with Crippen molar-refractivity contribution < 1.29 is 13.9 Å². The summed E-state index contributed by atoms with van der Waals surface area (Å²) in [6, 6.07) is 8.05. The van der Waals surface area contributed by atoms with E-state index in [0.29, 0.717) is 13.1 Å². The zero-order valence-corrected chi connectivity index (χ0v) is 16.4. The summed E-state index contributed by atoms with van der Waals surface area (Å²) in [5.41, 5.74) is 7.66. The number of furan rings is 1. The summed E-state index contributed by atoms with van der Waals surface area (Å²) in [5.74, 6) is 1.03. The van der Waals surface area contributed by atoms with E-state index in [1.54, 1.807) is 4.90 Å². The van der Waals surface area contributed by atoms with E-state index >= 15 is 0 Å². The van der Waals surface area contributed by atoms with Crippen LogP contribution in [0.15, 0.2) is 28.7 Å². The van der Waals surface area contributed by atoms with Gasteiger partial charge in [0.25, 0.3) is 5.91 Å². The zero-order chi connectivity index (χ0) is 17.8. The Morgan fingerprint density at radius 3 is 2.77 bits per heavy atom. The van der Waals surface area contributed by atoms with Crippen LogP contribution in [0.2, 0.25) is 0 Å². The smallest absolute Gasteiger partial charge is 0.251 e. The van der Waals surface area contributed by atoms with Crippen LogP contribution in [0.25, 0.3) is 11.0 Å². The second-order valence-electron chi connectivity index (χ2n) is 6.86. The van der Waals surface area contributed by atoms with Gasteiger partial charge in [-0.05, 0) is 25.3 Å². The molecule has 1 aromatic carbocycles. The maximum Gasteiger partial charge on any atom is 0.251 e. The highest BCUT2D eigenvalue weighted by atomic mass is 35.5. The van der Waals surface area contributed by atoms with Crippen LogP contribution in [0, 0.1) is 0 Å². The number of carbonyl (C=O) groups excluding carboxylic acids is 1. The molecule has 2 atom stereocenters. The number of benzene rings is 1. The van der Waals surface area contributed by atoms with Crippen LogP contribution in [0.1, 0.15) is 43.9 Å². The van der Waals surface area contributed by atoms with Gasteiger partial charge >= 0.3 is 0 Å². The van der Waals surface area contributed by atoms with Crippen LogP contribution < -0.4 is 5.73 Å². The fraction of sp³-hybridized carbons (Fsp3) is 0.550. The van der Waals surface area contributed by atoms with E-state index < -0.39 is 0 Å². The summed E-state index contributed by atoms with van der Waals surface area (Å²) >= 11 is 0. The number of halogens is 1. The third kappa shape index (κ3) is 4.40. The van der Waals surface area contributed by atoms with E-state index in [-0.39, 0.29) is 30.5 Å². The number of rotatable bonds is 7. The Kier molecular flexibility index (Phi) is 7.50. The number of carbonyl (C=O) groups is 1. The first-order valence-electron chi connectivity index (χ1n) is 9.23. The van der Waals surface area contributed by atoms with Crippen LogP contribution in [0.4, 0.5) is 0 Å². The number of likely N-dealkylation sites (N-methyl/N-ethyl adjacent to an activating group) is 1. The largest absolute Gasteiger partial charge is 0.461 e. The fourth-order valence-corrected chi connectivity index (χ4v) is 3.48. The molecule has 1 aromatic heterocycles. The van der Waals surface area contributed by atoms with Gasteiger partial charge in [0.05, 0.1) is 6.10 Å². The summed E-state index contributed by atoms with van der Waals surface area (Å²) < 4.78 is 11.8. The van der Waals surface area contributed by atoms with Gasteiger partial charge in [0.2, 0.25) is 0 Å². The van der Waals surface area contributed by atoms with Gasteiger partial charge in [-0.1, -0.05) is 31.5 Å². The van der Waals surface area contributed by atoms with Crippen LogP contribution >= 0.6 is 12.4 Å². The number of nitrogens with zero attached hydrogens (tertiary/aromatic N) is 1. The SMILES string of the molecule is CCCCc1oc2ccccc2c1CN(C)C(=O)[C@@H]1CC[C@H](CN)O1.Cl. The molecule has 5 nitrogen and oxygen atoms in total. The third-order valence-electron chi connectivity index (χ3n) is 4.96. The maximum absolute atomic E-state index is 12.7. The van der Waals surface area contributed by atoms with Crippen molar-refractivity contribution in [3.05, 3.63) is 35.6 Å². The molecule has 3 rings (SSSR count). The molecule has 0 saturated carbocycles. The standard InChI is InChI=1S/C20H28N2O3.ClH/c1-3-4-8-18-16(15-7-5-6-9-17(15)25-18)13-22(2)20(23)19-11-10-14(12-21)24-19;/h5-7,9,14,19H,3-4,8,10-13,21H2,1-2H3;1H/t14-,19+;/m1./s1. The van der Waals surface area contributed by atoms with E-state index in [1.807, 2.05) is 25.2 Å². The van der Waals surface area contributed by atoms with E-state index in [2.05, 4.69) is 13.0 Å². The summed E-state index contributed by atoms with van der Waals surface area (Å²) in [4.78, 5) is 14.5. The molecule has 2 heterocycles. The molecule has 144 valence electrons. The lowest BCUT2D eigenvalue weighted by molar-refractivity contribution is -0.141. The number of fused-ring (bicyclic) bond motifs is 1. The summed E-state index contributed by atoms with van der Waals surface area (Å²) in [6.07, 6.45) is 4.35. The summed E-state index contributed by atoms with van der Waals surface area (Å²) in [7, 11) is 1.84. The minimum atomic E-state index is -0.365. The fourth-order valence-electron chi connectivity index (χ4n) is 3.48. The second-order valence-corrected chi connectivity index (χ2v) is 6.86. The number of ether oxygens (including phenoxy) is 1. The highest BCUT2D eigenvalue weighted by Crippen LogP contribution is 2.29. The summed E-state index contributed by atoms with van der Waals surface area (Å²) in [6.45, 7) is 3.19. The average Bonchev–Trinajstić information content (AvgIpc) is 3.24. The first-order chi connectivity index (χ1) is 12.1. The van der Waals surface area contributed by atoms with Crippen molar-refractivity contribution in [2.75, 3.05) is 13.6 Å². The number of amides is 1. The molecule has 0 aliphatic carbocycles. The minimum absolute atomic E-state index is 0. The Bertz CT molecular complexity index is 731. The van der Waals surface area contributed by atoms with Gasteiger partial charge in [-0.25, -0.2) is 0 Å². The first-order valence-corrected chi connectivity index (χ1v) is 9.23. The molecule has 2 N–H and O–H groups in total. The van der Waals surface area contributed by atoms with Crippen molar-refractivity contribution in [2.45, 2.75) is 57.8 Å². The average molecular weight is 381 g/mol. The van der Waals surface area contributed by atoms with Crippen molar-refractivity contribution in [3.63, 3.8) is 0 Å². The molecule has 2 aromatic rings. The Hall–Kier alpha value is -1.56. The molecular weight excluding hydrogens is 352 g/mol. The molecule has 1 fully saturated rings. The lowest BCUT2D eigenvalue weighted by Crippen LogP contribution is -2.36. The lowest BCUT2D eigenvalue weighted by atomic mass is 10.1. The van der Waals surface area contributed by atoms with Crippen molar-refractivity contribution in [1.82, 2.24) is 4.90 Å². The molecule has 1 aliphatic rings. The number of aryl methyl sites for hydroxylation is 1. The molecule has 26 heavy (non-hydrogen) atoms. The van der Waals surface area contributed by atoms with Gasteiger partial charge < -0.3 is 19.8 Å². The zero-order valence-electron chi connectivity index (χ0n) is 15.6. The van der Waals surface area contributed by atoms with Gasteiger partial charge in [0, 0.05) is 37.5 Å². The number of hydrogen-bond acceptors (Lipinski definition) is 4. The molecule has 1 amide bonds. The molecule has 1 saturated heterocycles. The third-order valence-corrected chi connectivity index (χ3v) is 4.96. The predicted octanol–water partition coefficient (Wildman–Crippen LogP) is 3.66. The highest BCUT2D eigenvalue weighted by molar-refractivity contribution is 5.85. The topological polar surface area (TPSA) is 68.7 Å². The predicted molar refractivity (Wildman–Crippen MR) is 105 cm³/mol. The number of para-hydroxylation sites is 1. The highest BCUT2D eigenvalue weighted by Gasteiger charge is 2.32. The van der Waals surface area contributed by atoms with Gasteiger partial charge in [0.1, 0.15) is 17.4 Å². The quantitative estimate of drug-likeness (QED) is 0.795. The number of hydrogen-bond donors (Lipinski definition) is 1. The minimum Gasteiger partial charge on any atom is -0.461 e. The van der Waals surface area contributed by atoms with Gasteiger partial charge in [-0.3, -0.25) is 4.79 Å². The molecular formula is C20H29ClN2O3. The molecule has 0 bridgehead atoms. The van der Waals surface area contributed by atoms with Crippen molar-refractivity contribution >= 4 is 29.3 Å². The molecule has 0 unspecified atom stereocenters. The maximum atomic E-state index is 12.7. The molecule has 6 heteroatoms. The van der Waals surface area contributed by atoms with E-state index in [4.69, 9.17) is 14.9 Å². The number of unbranched alkanes of at least 4 members (excludes halogenated alkanes) is 1. The van der Waals surface area contributed by atoms with E-state index in [1.165, 1.54) is 0 Å². The Balaban J connectivity index is 0.00000243. The van der Waals surface area contributed by atoms with E-state index in [9.17, 15) is 4.79 Å². The molecule has 0 radical (unpaired) electrons. The summed E-state index contributed by atoms with van der Waals surface area (Å²) in [5, 5.41) is 1.10. The first kappa shape index (κ1) is 20.7. The second kappa shape index (κ2) is 9.40.